The number of carbonyl (C=O) groups excluding carboxylic acids is 1. The van der Waals surface area contributed by atoms with Gasteiger partial charge in [-0.1, -0.05) is 44.2 Å². The monoisotopic (exact) mass is 336 g/mol. The highest BCUT2D eigenvalue weighted by Gasteiger charge is 2.65. The highest BCUT2D eigenvalue weighted by Crippen LogP contribution is 2.59. The van der Waals surface area contributed by atoms with Crippen LogP contribution in [0, 0.1) is 17.8 Å². The van der Waals surface area contributed by atoms with Gasteiger partial charge in [-0.25, -0.2) is 0 Å². The van der Waals surface area contributed by atoms with E-state index in [9.17, 15) is 4.79 Å². The third kappa shape index (κ3) is 2.32. The lowest BCUT2D eigenvalue weighted by Gasteiger charge is -2.19. The molecule has 1 saturated heterocycles. The van der Waals surface area contributed by atoms with Crippen LogP contribution in [0.4, 0.5) is 0 Å². The van der Waals surface area contributed by atoms with Gasteiger partial charge >= 0.3 is 5.97 Å². The molecule has 3 nitrogen and oxygen atoms in total. The van der Waals surface area contributed by atoms with Gasteiger partial charge in [0.15, 0.2) is 0 Å². The maximum absolute atomic E-state index is 12.8. The van der Waals surface area contributed by atoms with Crippen molar-refractivity contribution in [3.63, 3.8) is 0 Å². The topological polar surface area (TPSA) is 38.8 Å². The van der Waals surface area contributed by atoms with Crippen LogP contribution < -0.4 is 4.74 Å². The Hall–Kier alpha value is -1.87. The zero-order chi connectivity index (χ0) is 17.1. The number of carbonyl (C=O) groups is 1. The molecule has 3 heteroatoms. The van der Waals surface area contributed by atoms with Gasteiger partial charge < -0.3 is 9.47 Å². The van der Waals surface area contributed by atoms with Crippen LogP contribution in [-0.2, 0) is 9.53 Å². The molecule has 25 heavy (non-hydrogen) atoms. The molecule has 0 radical (unpaired) electrons. The summed E-state index contributed by atoms with van der Waals surface area (Å²) in [4.78, 5) is 12.8. The third-order valence-corrected chi connectivity index (χ3v) is 6.67. The van der Waals surface area contributed by atoms with Crippen molar-refractivity contribution in [2.24, 2.45) is 17.8 Å². The Morgan fingerprint density at radius 2 is 1.96 bits per heavy atom. The highest BCUT2D eigenvalue weighted by molar-refractivity contribution is 5.93. The summed E-state index contributed by atoms with van der Waals surface area (Å²) in [6.45, 7) is 4.45. The lowest BCUT2D eigenvalue weighted by molar-refractivity contribution is -0.140. The third-order valence-electron chi connectivity index (χ3n) is 6.67. The van der Waals surface area contributed by atoms with E-state index in [4.69, 9.17) is 9.47 Å². The number of hydrogen-bond acceptors (Lipinski definition) is 3. The van der Waals surface area contributed by atoms with Crippen LogP contribution in [-0.4, -0.2) is 18.2 Å². The van der Waals surface area contributed by atoms with Crippen molar-refractivity contribution in [2.45, 2.75) is 51.2 Å². The Morgan fingerprint density at radius 3 is 2.72 bits per heavy atom. The van der Waals surface area contributed by atoms with Crippen LogP contribution in [0.3, 0.4) is 0 Å². The van der Waals surface area contributed by atoms with Gasteiger partial charge in [0.2, 0.25) is 0 Å². The molecule has 6 atom stereocenters. The first kappa shape index (κ1) is 15.4. The summed E-state index contributed by atoms with van der Waals surface area (Å²) >= 11 is 0. The summed E-state index contributed by atoms with van der Waals surface area (Å²) in [5.41, 5.74) is 1.33. The number of fused-ring (bicyclic) bond motifs is 6. The normalized spacial score (nSPS) is 33.3. The first-order valence-electron chi connectivity index (χ1n) is 9.56. The molecule has 0 aromatic heterocycles. The first-order chi connectivity index (χ1) is 12.2. The molecule has 130 valence electrons. The number of esters is 1. The van der Waals surface area contributed by atoms with E-state index in [0.29, 0.717) is 35.7 Å². The van der Waals surface area contributed by atoms with Crippen LogP contribution >= 0.6 is 0 Å². The fourth-order valence-electron chi connectivity index (χ4n) is 5.10. The van der Waals surface area contributed by atoms with Crippen molar-refractivity contribution >= 4 is 16.7 Å². The van der Waals surface area contributed by atoms with Crippen LogP contribution in [0.15, 0.2) is 36.4 Å². The van der Waals surface area contributed by atoms with E-state index < -0.39 is 0 Å². The van der Waals surface area contributed by atoms with Crippen molar-refractivity contribution in [1.29, 1.82) is 0 Å². The molecule has 1 aliphatic heterocycles. The van der Waals surface area contributed by atoms with E-state index in [0.717, 1.165) is 24.6 Å². The Labute approximate surface area is 148 Å². The lowest BCUT2D eigenvalue weighted by atomic mass is 9.89. The fourth-order valence-corrected chi connectivity index (χ4v) is 5.10. The number of benzene rings is 2. The maximum atomic E-state index is 12.8. The zero-order valence-electron chi connectivity index (χ0n) is 14.8. The predicted molar refractivity (Wildman–Crippen MR) is 96.7 cm³/mol. The molecule has 0 spiro atoms. The van der Waals surface area contributed by atoms with Gasteiger partial charge in [-0.05, 0) is 48.1 Å². The van der Waals surface area contributed by atoms with Crippen molar-refractivity contribution < 1.29 is 14.3 Å². The van der Waals surface area contributed by atoms with Gasteiger partial charge in [-0.3, -0.25) is 4.79 Å². The number of rotatable bonds is 4. The van der Waals surface area contributed by atoms with Crippen LogP contribution in [0.2, 0.25) is 0 Å². The molecule has 0 amide bonds. The zero-order valence-corrected chi connectivity index (χ0v) is 14.8. The van der Waals surface area contributed by atoms with Crippen molar-refractivity contribution in [3.8, 4) is 5.75 Å². The van der Waals surface area contributed by atoms with Gasteiger partial charge in [0.05, 0.1) is 18.1 Å². The summed E-state index contributed by atoms with van der Waals surface area (Å²) in [6, 6.07) is 12.4. The molecule has 2 bridgehead atoms. The Morgan fingerprint density at radius 1 is 1.16 bits per heavy atom. The Balaban J connectivity index is 1.44. The molecule has 2 aliphatic carbocycles. The lowest BCUT2D eigenvalue weighted by Crippen LogP contribution is -2.29. The maximum Gasteiger partial charge on any atom is 0.314 e. The summed E-state index contributed by atoms with van der Waals surface area (Å²) in [7, 11) is 0. The molecule has 1 heterocycles. The molecular weight excluding hydrogens is 312 g/mol. The molecule has 3 aliphatic rings. The smallest absolute Gasteiger partial charge is 0.314 e. The molecule has 5 rings (SSSR count). The van der Waals surface area contributed by atoms with Crippen LogP contribution in [0.5, 0.6) is 5.75 Å². The Kier molecular flexibility index (Phi) is 3.43. The second-order valence-corrected chi connectivity index (χ2v) is 8.00. The summed E-state index contributed by atoms with van der Waals surface area (Å²) in [6.07, 6.45) is 3.96. The standard InChI is InChI=1S/C22H24O3/c1-3-12(2)14-6-4-8-16-15(14)7-5-9-19(16)24-22(23)18-11-13-10-17(18)21-20(13)25-21/h4-9,12-13,17-18,20-21H,3,10-11H2,1-2H3. The van der Waals surface area contributed by atoms with E-state index in [2.05, 4.69) is 38.1 Å². The van der Waals surface area contributed by atoms with Gasteiger partial charge in [-0.2, -0.15) is 0 Å². The average Bonchev–Trinajstić information content (AvgIpc) is 3.24. The van der Waals surface area contributed by atoms with Gasteiger partial charge in [-0.15, -0.1) is 0 Å². The predicted octanol–water partition coefficient (Wildman–Crippen LogP) is 4.68. The number of ether oxygens (including phenoxy) is 2. The van der Waals surface area contributed by atoms with Gasteiger partial charge in [0.1, 0.15) is 5.75 Å². The summed E-state index contributed by atoms with van der Waals surface area (Å²) < 4.78 is 11.6. The SMILES string of the molecule is CCC(C)c1cccc2c(OC(=O)C3CC4CC3C3OC43)cccc12. The number of epoxide rings is 1. The Bertz CT molecular complexity index is 842. The van der Waals surface area contributed by atoms with E-state index in [-0.39, 0.29) is 11.9 Å². The molecule has 2 saturated carbocycles. The molecule has 6 unspecified atom stereocenters. The number of hydrogen-bond donors (Lipinski definition) is 0. The van der Waals surface area contributed by atoms with E-state index in [1.165, 1.54) is 10.9 Å². The summed E-state index contributed by atoms with van der Waals surface area (Å²) in [5.74, 6) is 2.10. The molecule has 0 N–H and O–H groups in total. The quantitative estimate of drug-likeness (QED) is 0.462. The van der Waals surface area contributed by atoms with Crippen molar-refractivity contribution in [3.05, 3.63) is 42.0 Å². The summed E-state index contributed by atoms with van der Waals surface area (Å²) in [5, 5.41) is 2.23. The first-order valence-corrected chi connectivity index (χ1v) is 9.56. The minimum Gasteiger partial charge on any atom is -0.426 e. The van der Waals surface area contributed by atoms with Gasteiger partial charge in [0, 0.05) is 11.3 Å². The van der Waals surface area contributed by atoms with Crippen LogP contribution in [0.1, 0.15) is 44.6 Å². The second-order valence-electron chi connectivity index (χ2n) is 8.00. The second kappa shape index (κ2) is 5.57. The molecule has 2 aromatic carbocycles. The highest BCUT2D eigenvalue weighted by atomic mass is 16.6. The average molecular weight is 336 g/mol. The molecule has 3 fully saturated rings. The van der Waals surface area contributed by atoms with E-state index >= 15 is 0 Å². The minimum atomic E-state index is -0.0668. The molecular formula is C22H24O3. The van der Waals surface area contributed by atoms with E-state index in [1.54, 1.807) is 0 Å². The van der Waals surface area contributed by atoms with Crippen molar-refractivity contribution in [2.75, 3.05) is 0 Å². The largest absolute Gasteiger partial charge is 0.426 e. The van der Waals surface area contributed by atoms with E-state index in [1.807, 2.05) is 12.1 Å². The minimum absolute atomic E-state index is 0.0155. The van der Waals surface area contributed by atoms with Gasteiger partial charge in [0.25, 0.3) is 0 Å². The molecule has 2 aromatic rings. The van der Waals surface area contributed by atoms with Crippen molar-refractivity contribution in [1.82, 2.24) is 0 Å². The fraction of sp³-hybridized carbons (Fsp3) is 0.500. The van der Waals surface area contributed by atoms with Crippen LogP contribution in [0.25, 0.3) is 10.8 Å².